The van der Waals surface area contributed by atoms with Gasteiger partial charge in [-0.2, -0.15) is 0 Å². The number of cyclic esters (lactones) is 1. The molecule has 3 saturated heterocycles. The molecule has 5 fully saturated rings. The van der Waals surface area contributed by atoms with Gasteiger partial charge in [-0.05, 0) is 51.0 Å². The number of hydrogen-bond donors (Lipinski definition) is 0. The average molecular weight is 553 g/mol. The summed E-state index contributed by atoms with van der Waals surface area (Å²) in [6.07, 6.45) is 7.04. The van der Waals surface area contributed by atoms with Crippen LogP contribution in [0.1, 0.15) is 66.1 Å². The van der Waals surface area contributed by atoms with Crippen LogP contribution in [0.5, 0.6) is 0 Å². The highest BCUT2D eigenvalue weighted by molar-refractivity contribution is 5.88. The number of ether oxygens (including phenoxy) is 5. The van der Waals surface area contributed by atoms with Gasteiger partial charge in [0.15, 0.2) is 6.10 Å². The third-order valence-electron chi connectivity index (χ3n) is 11.6. The normalized spacial score (nSPS) is 50.4. The van der Waals surface area contributed by atoms with Crippen LogP contribution < -0.4 is 0 Å². The lowest BCUT2D eigenvalue weighted by Crippen LogP contribution is -2.75. The van der Waals surface area contributed by atoms with Crippen LogP contribution in [-0.2, 0) is 38.1 Å². The molecule has 0 unspecified atom stereocenters. The van der Waals surface area contributed by atoms with E-state index in [0.717, 1.165) is 12.0 Å². The molecule has 9 nitrogen and oxygen atoms in total. The number of carbonyl (C=O) groups is 3. The van der Waals surface area contributed by atoms with Crippen molar-refractivity contribution >= 4 is 17.9 Å². The predicted octanol–water partition coefficient (Wildman–Crippen LogP) is 4.22. The Hall–Kier alpha value is -2.91. The molecule has 0 N–H and O–H groups in total. The van der Waals surface area contributed by atoms with E-state index < -0.39 is 69.8 Å². The highest BCUT2D eigenvalue weighted by Gasteiger charge is 2.90. The smallest absolute Gasteiger partial charge is 0.339 e. The van der Waals surface area contributed by atoms with Gasteiger partial charge in [0.05, 0.1) is 19.1 Å². The van der Waals surface area contributed by atoms with E-state index in [1.165, 1.54) is 6.08 Å². The van der Waals surface area contributed by atoms with Crippen molar-refractivity contribution in [2.45, 2.75) is 90.0 Å². The lowest BCUT2D eigenvalue weighted by atomic mass is 9.37. The van der Waals surface area contributed by atoms with Crippen molar-refractivity contribution in [3.63, 3.8) is 0 Å². The summed E-state index contributed by atoms with van der Waals surface area (Å²) in [6, 6.07) is 1.82. The molecule has 6 aliphatic rings. The minimum absolute atomic E-state index is 0.134. The predicted molar refractivity (Wildman–Crippen MR) is 138 cm³/mol. The zero-order valence-electron chi connectivity index (χ0n) is 23.7. The van der Waals surface area contributed by atoms with Gasteiger partial charge in [-0.15, -0.1) is 0 Å². The zero-order valence-corrected chi connectivity index (χ0v) is 23.7. The summed E-state index contributed by atoms with van der Waals surface area (Å²) in [5.41, 5.74) is -2.77. The molecule has 1 spiro atoms. The molecule has 7 rings (SSSR count). The minimum atomic E-state index is -1.00. The van der Waals surface area contributed by atoms with Crippen molar-refractivity contribution in [2.24, 2.45) is 28.1 Å². The van der Waals surface area contributed by atoms with E-state index in [-0.39, 0.29) is 18.4 Å². The molecule has 9 heteroatoms. The molecule has 1 aromatic heterocycles. The number of hydrogen-bond acceptors (Lipinski definition) is 9. The summed E-state index contributed by atoms with van der Waals surface area (Å²) < 4.78 is 37.0. The second kappa shape index (κ2) is 7.88. The van der Waals surface area contributed by atoms with Crippen molar-refractivity contribution in [1.82, 2.24) is 0 Å². The Bertz CT molecular complexity index is 1360. The number of fused-ring (bicyclic) bond motifs is 2. The molecule has 2 aliphatic carbocycles. The fraction of sp³-hybridized carbons (Fsp3) is 0.645. The number of rotatable bonds is 3. The molecule has 11 atom stereocenters. The van der Waals surface area contributed by atoms with E-state index in [0.29, 0.717) is 12.0 Å². The van der Waals surface area contributed by atoms with Crippen LogP contribution in [0.4, 0.5) is 0 Å². The summed E-state index contributed by atoms with van der Waals surface area (Å²) in [6.45, 7) is 12.0. The fourth-order valence-electron chi connectivity index (χ4n) is 9.84. The molecule has 214 valence electrons. The van der Waals surface area contributed by atoms with E-state index >= 15 is 0 Å². The molecule has 40 heavy (non-hydrogen) atoms. The van der Waals surface area contributed by atoms with E-state index in [2.05, 4.69) is 20.8 Å². The van der Waals surface area contributed by atoms with Gasteiger partial charge in [-0.3, -0.25) is 0 Å². The summed E-state index contributed by atoms with van der Waals surface area (Å²) in [4.78, 5) is 39.8. The summed E-state index contributed by atoms with van der Waals surface area (Å²) in [5, 5.41) is 0. The first-order valence-electron chi connectivity index (χ1n) is 14.2. The fourth-order valence-corrected chi connectivity index (χ4v) is 9.84. The Morgan fingerprint density at radius 2 is 1.93 bits per heavy atom. The van der Waals surface area contributed by atoms with Crippen LogP contribution in [0, 0.1) is 28.1 Å². The minimum Gasteiger partial charge on any atom is -0.472 e. The molecule has 4 aliphatic heterocycles. The van der Waals surface area contributed by atoms with Gasteiger partial charge in [-0.25, -0.2) is 14.4 Å². The Balaban J connectivity index is 1.46. The first-order valence-corrected chi connectivity index (χ1v) is 14.2. The summed E-state index contributed by atoms with van der Waals surface area (Å²) >= 11 is 0. The second-order valence-electron chi connectivity index (χ2n) is 13.4. The van der Waals surface area contributed by atoms with Crippen LogP contribution in [0.15, 0.2) is 46.8 Å². The Labute approximate surface area is 233 Å². The molecule has 0 aromatic carbocycles. The largest absolute Gasteiger partial charge is 0.472 e. The van der Waals surface area contributed by atoms with E-state index in [1.54, 1.807) is 32.4 Å². The molecule has 2 saturated carbocycles. The number of epoxide rings is 1. The van der Waals surface area contributed by atoms with Gasteiger partial charge < -0.3 is 28.1 Å². The van der Waals surface area contributed by atoms with E-state index in [9.17, 15) is 14.4 Å². The lowest BCUT2D eigenvalue weighted by Gasteiger charge is -2.67. The zero-order chi connectivity index (χ0) is 28.5. The maximum absolute atomic E-state index is 13.5. The van der Waals surface area contributed by atoms with Crippen molar-refractivity contribution < 1.29 is 42.5 Å². The molecular weight excluding hydrogens is 516 g/mol. The first kappa shape index (κ1) is 26.0. The summed E-state index contributed by atoms with van der Waals surface area (Å²) in [5.74, 6) is -1.70. The van der Waals surface area contributed by atoms with Crippen LogP contribution in [0.2, 0.25) is 0 Å². The molecule has 1 aromatic rings. The van der Waals surface area contributed by atoms with Crippen molar-refractivity contribution in [2.75, 3.05) is 6.61 Å². The maximum atomic E-state index is 13.5. The number of allylic oxidation sites excluding steroid dienone is 2. The monoisotopic (exact) mass is 552 g/mol. The van der Waals surface area contributed by atoms with Gasteiger partial charge >= 0.3 is 17.9 Å². The molecule has 0 radical (unpaired) electrons. The van der Waals surface area contributed by atoms with Crippen molar-refractivity contribution in [3.8, 4) is 0 Å². The number of esters is 3. The lowest BCUT2D eigenvalue weighted by molar-refractivity contribution is -0.269. The average Bonchev–Trinajstić information content (AvgIpc) is 3.35. The third kappa shape index (κ3) is 2.83. The van der Waals surface area contributed by atoms with Crippen LogP contribution in [0.3, 0.4) is 0 Å². The van der Waals surface area contributed by atoms with Gasteiger partial charge in [0.25, 0.3) is 0 Å². The molecule has 5 heterocycles. The molecule has 0 bridgehead atoms. The van der Waals surface area contributed by atoms with Crippen molar-refractivity contribution in [3.05, 3.63) is 48.0 Å². The summed E-state index contributed by atoms with van der Waals surface area (Å²) in [7, 11) is 0. The standard InChI is InChI=1S/C31H36O9/c1-7-16(2)25(33)38-23-20-21-27(3,11-9-19(32)39-29(21,5)15-36-20)18-8-12-28(4)22(17-10-13-35-14-17)37-26(34)24-31(28,40-24)30(18,23)6/h7,9-11,13-14,18,20-24H,8,12,15H2,1-6H3/b16-7+/t18-,20-,21-,22+,23-,24-,27-,28+,29+,30+,31-/m1/s1. The van der Waals surface area contributed by atoms with Crippen LogP contribution in [-0.4, -0.2) is 54.0 Å². The highest BCUT2D eigenvalue weighted by Crippen LogP contribution is 2.80. The second-order valence-corrected chi connectivity index (χ2v) is 13.4. The Kier molecular flexibility index (Phi) is 5.13. The van der Waals surface area contributed by atoms with E-state index in [1.807, 2.05) is 19.1 Å². The SMILES string of the molecule is C/C=C(\C)C(=O)O[C@@H]1[C@@H]2OC[C@]3(C)OC(=O)C=C[C@](C)([C@H]4CC[C@@]5(C)[C@H](c6ccoc6)OC(=O)[C@H]6O[C@]65[C@]14C)[C@@H]23. The Morgan fingerprint density at radius 1 is 1.15 bits per heavy atom. The van der Waals surface area contributed by atoms with Crippen LogP contribution >= 0.6 is 0 Å². The molecular formula is C31H36O9. The first-order chi connectivity index (χ1) is 18.9. The van der Waals surface area contributed by atoms with Gasteiger partial charge in [0.2, 0.25) is 0 Å². The maximum Gasteiger partial charge on any atom is 0.339 e. The third-order valence-corrected chi connectivity index (χ3v) is 11.6. The highest BCUT2D eigenvalue weighted by atomic mass is 16.7. The van der Waals surface area contributed by atoms with Crippen LogP contribution in [0.25, 0.3) is 0 Å². The van der Waals surface area contributed by atoms with Gasteiger partial charge in [0.1, 0.15) is 29.5 Å². The topological polar surface area (TPSA) is 114 Å². The van der Waals surface area contributed by atoms with Crippen molar-refractivity contribution in [1.29, 1.82) is 0 Å². The van der Waals surface area contributed by atoms with E-state index in [4.69, 9.17) is 28.1 Å². The van der Waals surface area contributed by atoms with Gasteiger partial charge in [-0.1, -0.05) is 32.9 Å². The molecule has 0 amide bonds. The number of carbonyl (C=O) groups excluding carboxylic acids is 3. The number of furan rings is 1. The quantitative estimate of drug-likeness (QED) is 0.235. The van der Waals surface area contributed by atoms with Gasteiger partial charge in [0, 0.05) is 34.0 Å². The Morgan fingerprint density at radius 3 is 2.62 bits per heavy atom.